The van der Waals surface area contributed by atoms with Crippen molar-refractivity contribution in [3.05, 3.63) is 170 Å². The first kappa shape index (κ1) is 77.8. The van der Waals surface area contributed by atoms with Crippen LogP contribution >= 0.6 is 0 Å². The third kappa shape index (κ3) is 67.4. The smallest absolute Gasteiger partial charge is 0.306 e. The molecule has 0 radical (unpaired) electrons. The summed E-state index contributed by atoms with van der Waals surface area (Å²) in [6.07, 6.45) is 102. The predicted octanol–water partition coefficient (Wildman–Crippen LogP) is 23.4. The van der Waals surface area contributed by atoms with E-state index in [2.05, 4.69) is 191 Å². The van der Waals surface area contributed by atoms with Crippen LogP contribution in [-0.2, 0) is 28.6 Å². The average Bonchev–Trinajstić information content (AvgIpc) is 3.48. The van der Waals surface area contributed by atoms with Crippen molar-refractivity contribution in [3.8, 4) is 0 Å². The Bertz CT molecular complexity index is 1890. The number of carbonyl (C=O) groups excluding carboxylic acids is 3. The predicted molar refractivity (Wildman–Crippen MR) is 361 cm³/mol. The standard InChI is InChI=1S/C77H122O6/c1-4-7-10-13-16-19-22-24-26-28-30-32-34-36-38-40-42-44-46-48-50-52-55-58-61-64-67-70-76(79)82-73-74(72-81-75(78)69-66-63-60-57-54-21-18-15-12-9-6-3)83-77(80)71-68-65-62-59-56-53-51-49-47-45-43-41-39-37-35-33-31-29-27-25-23-20-17-14-11-8-5-2/h7-8,10-11,15-20,24-27,30-33,36-39,42-45,48,50,74H,4-6,9,12-14,21-23,28-29,34-35,40-41,46-47,49,51-73H2,1-3H3/b10-7-,11-8-,18-15-,19-16-,20-17-,26-24-,27-25-,32-30-,33-31-,38-36-,39-37-,44-42-,45-43-,50-48-. The summed E-state index contributed by atoms with van der Waals surface area (Å²) in [6.45, 7) is 6.34. The van der Waals surface area contributed by atoms with Crippen molar-refractivity contribution >= 4 is 17.9 Å². The van der Waals surface area contributed by atoms with Crippen LogP contribution in [-0.4, -0.2) is 37.2 Å². The van der Waals surface area contributed by atoms with Gasteiger partial charge in [-0.2, -0.15) is 0 Å². The van der Waals surface area contributed by atoms with Crippen molar-refractivity contribution in [2.24, 2.45) is 0 Å². The van der Waals surface area contributed by atoms with E-state index < -0.39 is 6.10 Å². The molecular weight excluding hydrogens is 1020 g/mol. The lowest BCUT2D eigenvalue weighted by molar-refractivity contribution is -0.167. The largest absolute Gasteiger partial charge is 0.462 e. The van der Waals surface area contributed by atoms with Crippen molar-refractivity contribution in [3.63, 3.8) is 0 Å². The Balaban J connectivity index is 4.38. The van der Waals surface area contributed by atoms with Crippen LogP contribution in [0.4, 0.5) is 0 Å². The summed E-state index contributed by atoms with van der Waals surface area (Å²) in [5, 5.41) is 0. The quantitative estimate of drug-likeness (QED) is 0.0261. The van der Waals surface area contributed by atoms with Crippen molar-refractivity contribution in [2.75, 3.05) is 13.2 Å². The average molecular weight is 1140 g/mol. The highest BCUT2D eigenvalue weighted by molar-refractivity contribution is 5.71. The first-order valence-corrected chi connectivity index (χ1v) is 33.6. The molecule has 0 aromatic rings. The van der Waals surface area contributed by atoms with Gasteiger partial charge < -0.3 is 14.2 Å². The second-order valence-electron chi connectivity index (χ2n) is 21.6. The van der Waals surface area contributed by atoms with E-state index in [-0.39, 0.29) is 31.1 Å². The number of allylic oxidation sites excluding steroid dienone is 28. The molecule has 1 atom stereocenters. The van der Waals surface area contributed by atoms with Crippen molar-refractivity contribution < 1.29 is 28.6 Å². The Labute approximate surface area is 511 Å². The van der Waals surface area contributed by atoms with Gasteiger partial charge in [-0.15, -0.1) is 0 Å². The molecule has 0 saturated heterocycles. The van der Waals surface area contributed by atoms with Gasteiger partial charge in [-0.25, -0.2) is 0 Å². The van der Waals surface area contributed by atoms with E-state index in [0.29, 0.717) is 19.3 Å². The van der Waals surface area contributed by atoms with E-state index in [1.807, 2.05) is 0 Å². The molecule has 0 heterocycles. The molecular formula is C77H122O6. The summed E-state index contributed by atoms with van der Waals surface area (Å²) in [5.41, 5.74) is 0. The number of esters is 3. The first-order valence-electron chi connectivity index (χ1n) is 33.6. The van der Waals surface area contributed by atoms with Crippen LogP contribution in [0.25, 0.3) is 0 Å². The summed E-state index contributed by atoms with van der Waals surface area (Å²) < 4.78 is 16.9. The number of hydrogen-bond acceptors (Lipinski definition) is 6. The molecule has 6 nitrogen and oxygen atoms in total. The summed E-state index contributed by atoms with van der Waals surface area (Å²) in [4.78, 5) is 38.3. The Morgan fingerprint density at radius 2 is 0.470 bits per heavy atom. The van der Waals surface area contributed by atoms with Gasteiger partial charge in [0.2, 0.25) is 0 Å². The Hall–Kier alpha value is -5.23. The molecule has 0 aliphatic carbocycles. The molecule has 0 amide bonds. The fraction of sp³-hybridized carbons (Fsp3) is 0.597. The lowest BCUT2D eigenvalue weighted by atomic mass is 10.1. The summed E-state index contributed by atoms with van der Waals surface area (Å²) in [7, 11) is 0. The van der Waals surface area contributed by atoms with Crippen LogP contribution in [0.2, 0.25) is 0 Å². The number of carbonyl (C=O) groups is 3. The minimum absolute atomic E-state index is 0.0991. The first-order chi connectivity index (χ1) is 41.0. The topological polar surface area (TPSA) is 78.9 Å². The monoisotopic (exact) mass is 1140 g/mol. The molecule has 0 bridgehead atoms. The van der Waals surface area contributed by atoms with Gasteiger partial charge in [-0.1, -0.05) is 281 Å². The van der Waals surface area contributed by atoms with Gasteiger partial charge in [0.25, 0.3) is 0 Å². The second kappa shape index (κ2) is 69.3. The minimum atomic E-state index is -0.805. The summed E-state index contributed by atoms with van der Waals surface area (Å²) in [5.74, 6) is -0.939. The molecule has 0 rings (SSSR count). The fourth-order valence-corrected chi connectivity index (χ4v) is 8.70. The number of rotatable bonds is 59. The molecule has 1 unspecified atom stereocenters. The highest BCUT2D eigenvalue weighted by atomic mass is 16.6. The third-order valence-corrected chi connectivity index (χ3v) is 13.7. The molecule has 0 aliphatic heterocycles. The maximum atomic E-state index is 12.9. The molecule has 0 aliphatic rings. The van der Waals surface area contributed by atoms with E-state index in [9.17, 15) is 14.4 Å². The molecule has 6 heteroatoms. The molecule has 466 valence electrons. The van der Waals surface area contributed by atoms with Crippen LogP contribution in [0.3, 0.4) is 0 Å². The van der Waals surface area contributed by atoms with E-state index in [1.165, 1.54) is 57.8 Å². The molecule has 0 fully saturated rings. The molecule has 0 aromatic carbocycles. The van der Waals surface area contributed by atoms with Crippen LogP contribution in [0.15, 0.2) is 170 Å². The van der Waals surface area contributed by atoms with E-state index in [0.717, 1.165) is 180 Å². The SMILES string of the molecule is CC/C=C\C/C=C\C/C=C\C/C=C\C/C=C\C/C=C\C/C=C\CCCCCCCC(=O)OCC(COC(=O)CCCCCCC/C=C\CCCC)OC(=O)CCCCCCCCCC/C=C\C/C=C\C/C=C\C/C=C\C/C=C\C/C=C\CC. The minimum Gasteiger partial charge on any atom is -0.462 e. The van der Waals surface area contributed by atoms with Crippen molar-refractivity contribution in [1.29, 1.82) is 0 Å². The van der Waals surface area contributed by atoms with Crippen molar-refractivity contribution in [1.82, 2.24) is 0 Å². The zero-order valence-electron chi connectivity index (χ0n) is 53.4. The lowest BCUT2D eigenvalue weighted by Crippen LogP contribution is -2.30. The van der Waals surface area contributed by atoms with Gasteiger partial charge in [-0.05, 0) is 148 Å². The highest BCUT2D eigenvalue weighted by Gasteiger charge is 2.19. The summed E-state index contributed by atoms with van der Waals surface area (Å²) in [6, 6.07) is 0. The van der Waals surface area contributed by atoms with Crippen LogP contribution in [0, 0.1) is 0 Å². The van der Waals surface area contributed by atoms with E-state index in [4.69, 9.17) is 14.2 Å². The van der Waals surface area contributed by atoms with Gasteiger partial charge >= 0.3 is 17.9 Å². The van der Waals surface area contributed by atoms with Gasteiger partial charge in [0, 0.05) is 19.3 Å². The Morgan fingerprint density at radius 3 is 0.747 bits per heavy atom. The maximum Gasteiger partial charge on any atom is 0.306 e. The molecule has 0 aromatic heterocycles. The molecule has 83 heavy (non-hydrogen) atoms. The van der Waals surface area contributed by atoms with Gasteiger partial charge in [0.1, 0.15) is 13.2 Å². The van der Waals surface area contributed by atoms with E-state index in [1.54, 1.807) is 0 Å². The fourth-order valence-electron chi connectivity index (χ4n) is 8.70. The summed E-state index contributed by atoms with van der Waals surface area (Å²) >= 11 is 0. The number of hydrogen-bond donors (Lipinski definition) is 0. The zero-order chi connectivity index (χ0) is 59.9. The second-order valence-corrected chi connectivity index (χ2v) is 21.6. The molecule has 0 spiro atoms. The van der Waals surface area contributed by atoms with Crippen molar-refractivity contribution in [2.45, 2.75) is 284 Å². The van der Waals surface area contributed by atoms with Gasteiger partial charge in [-0.3, -0.25) is 14.4 Å². The van der Waals surface area contributed by atoms with Crippen LogP contribution < -0.4 is 0 Å². The third-order valence-electron chi connectivity index (χ3n) is 13.7. The van der Waals surface area contributed by atoms with Gasteiger partial charge in [0.15, 0.2) is 6.10 Å². The van der Waals surface area contributed by atoms with E-state index >= 15 is 0 Å². The normalized spacial score (nSPS) is 13.2. The Kier molecular flexibility index (Phi) is 64.9. The van der Waals surface area contributed by atoms with Gasteiger partial charge in [0.05, 0.1) is 0 Å². The maximum absolute atomic E-state index is 12.9. The number of ether oxygens (including phenoxy) is 3. The van der Waals surface area contributed by atoms with Crippen LogP contribution in [0.1, 0.15) is 278 Å². The number of unbranched alkanes of at least 4 members (excludes halogenated alkanes) is 20. The molecule has 0 N–H and O–H groups in total. The van der Waals surface area contributed by atoms with Crippen LogP contribution in [0.5, 0.6) is 0 Å². The Morgan fingerprint density at radius 1 is 0.253 bits per heavy atom. The molecule has 0 saturated carbocycles. The zero-order valence-corrected chi connectivity index (χ0v) is 53.4. The lowest BCUT2D eigenvalue weighted by Gasteiger charge is -2.18. The highest BCUT2D eigenvalue weighted by Crippen LogP contribution is 2.15.